The van der Waals surface area contributed by atoms with Crippen molar-refractivity contribution < 1.29 is 0 Å². The zero-order valence-electron chi connectivity index (χ0n) is 12.0. The van der Waals surface area contributed by atoms with E-state index in [0.717, 1.165) is 23.4 Å². The van der Waals surface area contributed by atoms with Crippen LogP contribution in [-0.2, 0) is 0 Å². The number of hydrogen-bond acceptors (Lipinski definition) is 2. The van der Waals surface area contributed by atoms with Gasteiger partial charge in [0.05, 0.1) is 6.04 Å². The molecule has 2 aromatic carbocycles. The van der Waals surface area contributed by atoms with E-state index >= 15 is 0 Å². The van der Waals surface area contributed by atoms with Crippen molar-refractivity contribution in [2.45, 2.75) is 19.4 Å². The molecule has 1 atom stereocenters. The molecular formula is C18H18ClNS. The van der Waals surface area contributed by atoms with Gasteiger partial charge in [-0.05, 0) is 41.4 Å². The van der Waals surface area contributed by atoms with E-state index in [1.54, 1.807) is 11.3 Å². The van der Waals surface area contributed by atoms with Crippen LogP contribution in [-0.4, -0.2) is 6.54 Å². The first-order valence-electron chi connectivity index (χ1n) is 7.25. The highest BCUT2D eigenvalue weighted by molar-refractivity contribution is 7.10. The molecule has 0 radical (unpaired) electrons. The highest BCUT2D eigenvalue weighted by Gasteiger charge is 2.17. The average Bonchev–Trinajstić information content (AvgIpc) is 3.04. The predicted octanol–water partition coefficient (Wildman–Crippen LogP) is 5.64. The number of halogens is 1. The first-order chi connectivity index (χ1) is 10.3. The minimum Gasteiger partial charge on any atom is -0.306 e. The lowest BCUT2D eigenvalue weighted by atomic mass is 9.97. The van der Waals surface area contributed by atoms with Gasteiger partial charge < -0.3 is 5.32 Å². The Hall–Kier alpha value is -1.35. The largest absolute Gasteiger partial charge is 0.306 e. The van der Waals surface area contributed by atoms with Gasteiger partial charge in [-0.15, -0.1) is 11.3 Å². The summed E-state index contributed by atoms with van der Waals surface area (Å²) in [5, 5.41) is 8.97. The van der Waals surface area contributed by atoms with Crippen LogP contribution in [0.2, 0.25) is 5.02 Å². The molecule has 0 saturated carbocycles. The molecule has 108 valence electrons. The van der Waals surface area contributed by atoms with Crippen LogP contribution >= 0.6 is 22.9 Å². The van der Waals surface area contributed by atoms with Gasteiger partial charge in [0.1, 0.15) is 0 Å². The van der Waals surface area contributed by atoms with Gasteiger partial charge in [0, 0.05) is 15.3 Å². The number of fused-ring (bicyclic) bond motifs is 1. The molecule has 1 aromatic heterocycles. The van der Waals surface area contributed by atoms with Crippen LogP contribution in [0, 0.1) is 0 Å². The summed E-state index contributed by atoms with van der Waals surface area (Å²) in [4.78, 5) is 1.34. The second kappa shape index (κ2) is 6.61. The van der Waals surface area contributed by atoms with Crippen molar-refractivity contribution in [3.8, 4) is 0 Å². The molecule has 1 heterocycles. The number of thiophene rings is 1. The molecule has 3 rings (SSSR count). The summed E-state index contributed by atoms with van der Waals surface area (Å²) < 4.78 is 0. The van der Waals surface area contributed by atoms with Crippen molar-refractivity contribution in [3.63, 3.8) is 0 Å². The molecule has 0 amide bonds. The fourth-order valence-electron chi connectivity index (χ4n) is 2.65. The standard InChI is InChI=1S/C18H18ClNS/c1-2-11-20-18(17-8-5-12-21-17)15-9-10-16(19)14-7-4-3-6-13(14)15/h3-10,12,18,20H,2,11H2,1H3. The Morgan fingerprint density at radius 1 is 1.05 bits per heavy atom. The van der Waals surface area contributed by atoms with Gasteiger partial charge >= 0.3 is 0 Å². The Bertz CT molecular complexity index is 721. The molecule has 0 fully saturated rings. The van der Waals surface area contributed by atoms with Crippen LogP contribution in [0.25, 0.3) is 10.8 Å². The highest BCUT2D eigenvalue weighted by atomic mass is 35.5. The van der Waals surface area contributed by atoms with Crippen molar-refractivity contribution in [1.29, 1.82) is 0 Å². The summed E-state index contributed by atoms with van der Waals surface area (Å²) in [5.74, 6) is 0. The summed E-state index contributed by atoms with van der Waals surface area (Å²) in [7, 11) is 0. The lowest BCUT2D eigenvalue weighted by Gasteiger charge is -2.20. The third-order valence-corrected chi connectivity index (χ3v) is 4.91. The number of benzene rings is 2. The Labute approximate surface area is 134 Å². The Morgan fingerprint density at radius 3 is 2.57 bits per heavy atom. The normalized spacial score (nSPS) is 12.7. The van der Waals surface area contributed by atoms with Gasteiger partial charge in [0.25, 0.3) is 0 Å². The van der Waals surface area contributed by atoms with Crippen LogP contribution < -0.4 is 5.32 Å². The topological polar surface area (TPSA) is 12.0 Å². The molecule has 0 aliphatic heterocycles. The van der Waals surface area contributed by atoms with Crippen LogP contribution in [0.4, 0.5) is 0 Å². The zero-order chi connectivity index (χ0) is 14.7. The van der Waals surface area contributed by atoms with Gasteiger partial charge in [-0.25, -0.2) is 0 Å². The van der Waals surface area contributed by atoms with E-state index in [9.17, 15) is 0 Å². The lowest BCUT2D eigenvalue weighted by molar-refractivity contribution is 0.609. The van der Waals surface area contributed by atoms with E-state index < -0.39 is 0 Å². The minimum absolute atomic E-state index is 0.229. The SMILES string of the molecule is CCCNC(c1cccs1)c1ccc(Cl)c2ccccc12. The summed E-state index contributed by atoms with van der Waals surface area (Å²) in [5.41, 5.74) is 1.30. The quantitative estimate of drug-likeness (QED) is 0.642. The molecule has 1 unspecified atom stereocenters. The predicted molar refractivity (Wildman–Crippen MR) is 93.4 cm³/mol. The van der Waals surface area contributed by atoms with Gasteiger partial charge in [0.15, 0.2) is 0 Å². The first-order valence-corrected chi connectivity index (χ1v) is 8.51. The van der Waals surface area contributed by atoms with E-state index in [2.05, 4.69) is 54.0 Å². The minimum atomic E-state index is 0.229. The van der Waals surface area contributed by atoms with Crippen molar-refractivity contribution in [2.24, 2.45) is 0 Å². The molecule has 0 saturated heterocycles. The van der Waals surface area contributed by atoms with Crippen LogP contribution in [0.1, 0.15) is 29.8 Å². The molecule has 0 spiro atoms. The van der Waals surface area contributed by atoms with Crippen molar-refractivity contribution in [2.75, 3.05) is 6.54 Å². The average molecular weight is 316 g/mol. The van der Waals surface area contributed by atoms with E-state index in [4.69, 9.17) is 11.6 Å². The molecular weight excluding hydrogens is 298 g/mol. The zero-order valence-corrected chi connectivity index (χ0v) is 13.5. The molecule has 1 nitrogen and oxygen atoms in total. The number of nitrogens with one attached hydrogen (secondary N) is 1. The number of rotatable bonds is 5. The Morgan fingerprint density at radius 2 is 1.86 bits per heavy atom. The number of hydrogen-bond donors (Lipinski definition) is 1. The fourth-order valence-corrected chi connectivity index (χ4v) is 3.69. The molecule has 1 N–H and O–H groups in total. The Balaban J connectivity index is 2.13. The van der Waals surface area contributed by atoms with Gasteiger partial charge in [-0.1, -0.05) is 54.9 Å². The van der Waals surface area contributed by atoms with Gasteiger partial charge in [0.2, 0.25) is 0 Å². The highest BCUT2D eigenvalue weighted by Crippen LogP contribution is 2.34. The second-order valence-electron chi connectivity index (χ2n) is 5.08. The van der Waals surface area contributed by atoms with E-state index in [1.165, 1.54) is 15.8 Å². The van der Waals surface area contributed by atoms with Crippen molar-refractivity contribution >= 4 is 33.7 Å². The van der Waals surface area contributed by atoms with Crippen LogP contribution in [0.3, 0.4) is 0 Å². The van der Waals surface area contributed by atoms with Crippen LogP contribution in [0.15, 0.2) is 53.9 Å². The second-order valence-corrected chi connectivity index (χ2v) is 6.47. The van der Waals surface area contributed by atoms with Crippen molar-refractivity contribution in [1.82, 2.24) is 5.32 Å². The summed E-state index contributed by atoms with van der Waals surface area (Å²) in [6, 6.07) is 17.1. The summed E-state index contributed by atoms with van der Waals surface area (Å²) in [6.45, 7) is 3.19. The third-order valence-electron chi connectivity index (χ3n) is 3.64. The maximum absolute atomic E-state index is 6.35. The molecule has 3 heteroatoms. The molecule has 0 aliphatic carbocycles. The summed E-state index contributed by atoms with van der Waals surface area (Å²) in [6.07, 6.45) is 1.12. The van der Waals surface area contributed by atoms with E-state index in [1.807, 2.05) is 12.1 Å². The maximum atomic E-state index is 6.35. The van der Waals surface area contributed by atoms with E-state index in [0.29, 0.717) is 0 Å². The molecule has 21 heavy (non-hydrogen) atoms. The lowest BCUT2D eigenvalue weighted by Crippen LogP contribution is -2.22. The fraction of sp³-hybridized carbons (Fsp3) is 0.222. The molecule has 0 aliphatic rings. The first kappa shape index (κ1) is 14.6. The smallest absolute Gasteiger partial charge is 0.0677 e. The van der Waals surface area contributed by atoms with Gasteiger partial charge in [-0.2, -0.15) is 0 Å². The maximum Gasteiger partial charge on any atom is 0.0677 e. The Kier molecular flexibility index (Phi) is 4.59. The third kappa shape index (κ3) is 2.98. The van der Waals surface area contributed by atoms with Crippen LogP contribution in [0.5, 0.6) is 0 Å². The molecule has 3 aromatic rings. The van der Waals surface area contributed by atoms with Gasteiger partial charge in [-0.3, -0.25) is 0 Å². The summed E-state index contributed by atoms with van der Waals surface area (Å²) >= 11 is 8.14. The molecule has 0 bridgehead atoms. The van der Waals surface area contributed by atoms with Crippen molar-refractivity contribution in [3.05, 3.63) is 69.4 Å². The van der Waals surface area contributed by atoms with E-state index in [-0.39, 0.29) is 6.04 Å². The monoisotopic (exact) mass is 315 g/mol.